The average Bonchev–Trinajstić information content (AvgIpc) is 2.22. The minimum atomic E-state index is -1.09. The first kappa shape index (κ1) is 10.7. The van der Waals surface area contributed by atoms with Crippen LogP contribution in [0.3, 0.4) is 0 Å². The normalized spacial score (nSPS) is 10.6. The van der Waals surface area contributed by atoms with Gasteiger partial charge in [-0.25, -0.2) is 4.98 Å². The van der Waals surface area contributed by atoms with Crippen molar-refractivity contribution in [2.45, 2.75) is 6.54 Å². The molecule has 16 heavy (non-hydrogen) atoms. The van der Waals surface area contributed by atoms with E-state index in [1.165, 1.54) is 18.7 Å². The number of aromatic nitrogens is 3. The summed E-state index contributed by atoms with van der Waals surface area (Å²) < 4.78 is 1.54. The van der Waals surface area contributed by atoms with Crippen molar-refractivity contribution in [1.82, 2.24) is 14.5 Å². The first-order chi connectivity index (χ1) is 7.59. The monoisotopic (exact) mass is 283 g/mol. The van der Waals surface area contributed by atoms with Gasteiger partial charge in [0.2, 0.25) is 0 Å². The van der Waals surface area contributed by atoms with Crippen LogP contribution in [-0.2, 0) is 11.3 Å². The van der Waals surface area contributed by atoms with Gasteiger partial charge >= 0.3 is 5.97 Å². The number of rotatable bonds is 2. The molecular formula is C9H6BrN3O3. The zero-order chi connectivity index (χ0) is 11.7. The molecule has 7 heteroatoms. The van der Waals surface area contributed by atoms with Crippen molar-refractivity contribution in [3.8, 4) is 0 Å². The van der Waals surface area contributed by atoms with Gasteiger partial charge in [-0.3, -0.25) is 19.1 Å². The van der Waals surface area contributed by atoms with E-state index in [1.54, 1.807) is 0 Å². The Morgan fingerprint density at radius 1 is 1.50 bits per heavy atom. The van der Waals surface area contributed by atoms with E-state index >= 15 is 0 Å². The van der Waals surface area contributed by atoms with E-state index in [2.05, 4.69) is 25.9 Å². The smallest absolute Gasteiger partial charge is 0.323 e. The van der Waals surface area contributed by atoms with Gasteiger partial charge in [-0.1, -0.05) is 0 Å². The first-order valence-electron chi connectivity index (χ1n) is 4.30. The highest BCUT2D eigenvalue weighted by Crippen LogP contribution is 2.16. The van der Waals surface area contributed by atoms with Crippen molar-refractivity contribution < 1.29 is 9.90 Å². The molecule has 0 aliphatic carbocycles. The molecular weight excluding hydrogens is 278 g/mol. The molecule has 0 bridgehead atoms. The average molecular weight is 284 g/mol. The van der Waals surface area contributed by atoms with Crippen molar-refractivity contribution in [1.29, 1.82) is 0 Å². The molecule has 0 amide bonds. The fourth-order valence-electron chi connectivity index (χ4n) is 1.32. The molecule has 0 fully saturated rings. The third kappa shape index (κ3) is 1.81. The second-order valence-corrected chi connectivity index (χ2v) is 3.94. The molecule has 2 aromatic rings. The molecule has 0 aliphatic rings. The van der Waals surface area contributed by atoms with E-state index in [0.29, 0.717) is 15.4 Å². The Labute approximate surface area is 97.7 Å². The summed E-state index contributed by atoms with van der Waals surface area (Å²) in [6.45, 7) is -0.406. The summed E-state index contributed by atoms with van der Waals surface area (Å²) in [5, 5.41) is 8.95. The molecule has 0 unspecified atom stereocenters. The van der Waals surface area contributed by atoms with Gasteiger partial charge < -0.3 is 5.11 Å². The summed E-state index contributed by atoms with van der Waals surface area (Å²) in [5.41, 5.74) is 0.0303. The van der Waals surface area contributed by atoms with Crippen LogP contribution in [0.5, 0.6) is 0 Å². The van der Waals surface area contributed by atoms with Crippen molar-refractivity contribution >= 4 is 32.8 Å². The number of carboxylic acids is 1. The van der Waals surface area contributed by atoms with Crippen molar-refractivity contribution in [2.75, 3.05) is 0 Å². The summed E-state index contributed by atoms with van der Waals surface area (Å²) in [4.78, 5) is 30.3. The number of halogens is 1. The fourth-order valence-corrected chi connectivity index (χ4v) is 1.81. The molecule has 0 aromatic carbocycles. The Morgan fingerprint density at radius 2 is 2.25 bits per heavy atom. The van der Waals surface area contributed by atoms with Crippen LogP contribution in [0.25, 0.3) is 10.9 Å². The van der Waals surface area contributed by atoms with Crippen LogP contribution in [0.4, 0.5) is 0 Å². The van der Waals surface area contributed by atoms with E-state index in [0.717, 1.165) is 4.57 Å². The molecule has 6 nitrogen and oxygen atoms in total. The van der Waals surface area contributed by atoms with E-state index in [4.69, 9.17) is 5.11 Å². The van der Waals surface area contributed by atoms with Crippen LogP contribution in [0.1, 0.15) is 0 Å². The third-order valence-corrected chi connectivity index (χ3v) is 2.60. The minimum Gasteiger partial charge on any atom is -0.480 e. The van der Waals surface area contributed by atoms with Gasteiger partial charge in [0, 0.05) is 6.20 Å². The largest absolute Gasteiger partial charge is 0.480 e. The molecule has 2 heterocycles. The summed E-state index contributed by atoms with van der Waals surface area (Å²) in [6, 6.07) is 0. The number of carboxylic acid groups (broad SMARTS) is 1. The molecule has 0 aliphatic heterocycles. The number of hydrogen-bond acceptors (Lipinski definition) is 4. The first-order valence-corrected chi connectivity index (χ1v) is 5.09. The summed E-state index contributed by atoms with van der Waals surface area (Å²) in [7, 11) is 0. The Bertz CT molecular complexity index is 623. The Kier molecular flexibility index (Phi) is 2.69. The summed E-state index contributed by atoms with van der Waals surface area (Å²) in [5.74, 6) is -1.09. The minimum absolute atomic E-state index is 0.332. The van der Waals surface area contributed by atoms with Crippen LogP contribution in [-0.4, -0.2) is 25.6 Å². The zero-order valence-corrected chi connectivity index (χ0v) is 9.51. The Morgan fingerprint density at radius 3 is 2.94 bits per heavy atom. The molecule has 2 rings (SSSR count). The topological polar surface area (TPSA) is 85.1 Å². The lowest BCUT2D eigenvalue weighted by Crippen LogP contribution is -2.24. The van der Waals surface area contributed by atoms with Crippen LogP contribution < -0.4 is 5.56 Å². The van der Waals surface area contributed by atoms with Gasteiger partial charge in [0.1, 0.15) is 6.54 Å². The quantitative estimate of drug-likeness (QED) is 0.874. The van der Waals surface area contributed by atoms with Crippen molar-refractivity contribution in [2.24, 2.45) is 0 Å². The summed E-state index contributed by atoms with van der Waals surface area (Å²) >= 11 is 3.18. The molecule has 0 spiro atoms. The van der Waals surface area contributed by atoms with Gasteiger partial charge in [0.05, 0.1) is 27.9 Å². The molecule has 0 radical (unpaired) electrons. The van der Waals surface area contributed by atoms with Gasteiger partial charge in [-0.15, -0.1) is 0 Å². The van der Waals surface area contributed by atoms with Gasteiger partial charge in [0.15, 0.2) is 0 Å². The maximum absolute atomic E-state index is 11.9. The Balaban J connectivity index is 2.73. The number of hydrogen-bond donors (Lipinski definition) is 1. The van der Waals surface area contributed by atoms with Crippen molar-refractivity contribution in [3.63, 3.8) is 0 Å². The number of pyridine rings is 1. The highest BCUT2D eigenvalue weighted by molar-refractivity contribution is 9.10. The van der Waals surface area contributed by atoms with E-state index < -0.39 is 18.1 Å². The molecule has 0 saturated heterocycles. The maximum Gasteiger partial charge on any atom is 0.323 e. The van der Waals surface area contributed by atoms with E-state index in [9.17, 15) is 9.59 Å². The second kappa shape index (κ2) is 4.01. The SMILES string of the molecule is O=C(O)Cn1cnc2cncc(Br)c2c1=O. The van der Waals surface area contributed by atoms with Crippen LogP contribution in [0.15, 0.2) is 28.0 Å². The zero-order valence-electron chi connectivity index (χ0n) is 7.92. The molecule has 1 N–H and O–H groups in total. The summed E-state index contributed by atoms with van der Waals surface area (Å²) in [6.07, 6.45) is 4.12. The van der Waals surface area contributed by atoms with E-state index in [1.807, 2.05) is 0 Å². The van der Waals surface area contributed by atoms with Crippen LogP contribution >= 0.6 is 15.9 Å². The molecule has 2 aromatic heterocycles. The van der Waals surface area contributed by atoms with Gasteiger partial charge in [0.25, 0.3) is 5.56 Å². The maximum atomic E-state index is 11.9. The number of aliphatic carboxylic acids is 1. The van der Waals surface area contributed by atoms with Gasteiger partial charge in [-0.2, -0.15) is 0 Å². The molecule has 82 valence electrons. The second-order valence-electron chi connectivity index (χ2n) is 3.09. The predicted octanol–water partition coefficient (Wildman–Crippen LogP) is 0.639. The standard InChI is InChI=1S/C9H6BrN3O3/c10-5-1-11-2-6-8(5)9(16)13(4-12-6)3-7(14)15/h1-2,4H,3H2,(H,14,15). The molecule has 0 saturated carbocycles. The lowest BCUT2D eigenvalue weighted by atomic mass is 10.3. The fraction of sp³-hybridized carbons (Fsp3) is 0.111. The third-order valence-electron chi connectivity index (χ3n) is 2.00. The van der Waals surface area contributed by atoms with E-state index in [-0.39, 0.29) is 0 Å². The Hall–Kier alpha value is -1.76. The highest BCUT2D eigenvalue weighted by atomic mass is 79.9. The lowest BCUT2D eigenvalue weighted by molar-refractivity contribution is -0.137. The lowest BCUT2D eigenvalue weighted by Gasteiger charge is -2.03. The predicted molar refractivity (Wildman–Crippen MR) is 59.1 cm³/mol. The van der Waals surface area contributed by atoms with Crippen LogP contribution in [0.2, 0.25) is 0 Å². The highest BCUT2D eigenvalue weighted by Gasteiger charge is 2.09. The number of carbonyl (C=O) groups is 1. The van der Waals surface area contributed by atoms with Crippen molar-refractivity contribution in [3.05, 3.63) is 33.5 Å². The molecule has 0 atom stereocenters. The van der Waals surface area contributed by atoms with Gasteiger partial charge in [-0.05, 0) is 15.9 Å². The van der Waals surface area contributed by atoms with Crippen LogP contribution in [0, 0.1) is 0 Å². The number of nitrogens with zero attached hydrogens (tertiary/aromatic N) is 3. The number of fused-ring (bicyclic) bond motifs is 1.